The Hall–Kier alpha value is -2.26. The van der Waals surface area contributed by atoms with Gasteiger partial charge in [0.05, 0.1) is 16.1 Å². The van der Waals surface area contributed by atoms with Crippen LogP contribution in [0.15, 0.2) is 17.0 Å². The molecule has 0 amide bonds. The van der Waals surface area contributed by atoms with E-state index in [0.29, 0.717) is 48.7 Å². The Morgan fingerprint density at radius 2 is 1.95 bits per heavy atom. The number of halogens is 2. The molecule has 3 aliphatic rings. The molecule has 1 aliphatic carbocycles. The van der Waals surface area contributed by atoms with Crippen molar-refractivity contribution in [2.45, 2.75) is 81.5 Å². The summed E-state index contributed by atoms with van der Waals surface area (Å²) in [6.07, 6.45) is -0.0213. The number of piperazine rings is 1. The fraction of sp³-hybridized carbons (Fsp3) is 0.625. The lowest BCUT2D eigenvalue weighted by Crippen LogP contribution is -2.54. The molecule has 0 radical (unpaired) electrons. The van der Waals surface area contributed by atoms with E-state index in [-0.39, 0.29) is 28.2 Å². The zero-order valence-electron chi connectivity index (χ0n) is 21.4. The third-order valence-electron chi connectivity index (χ3n) is 7.35. The monoisotopic (exact) mass is 567 g/mol. The van der Waals surface area contributed by atoms with Crippen molar-refractivity contribution in [1.29, 1.82) is 0 Å². The van der Waals surface area contributed by atoms with E-state index in [1.54, 1.807) is 16.7 Å². The van der Waals surface area contributed by atoms with Gasteiger partial charge in [0.15, 0.2) is 5.01 Å². The van der Waals surface area contributed by atoms with Crippen LogP contribution in [-0.2, 0) is 14.8 Å². The molecular weight excluding hydrogens is 536 g/mol. The molecule has 3 atom stereocenters. The van der Waals surface area contributed by atoms with Crippen molar-refractivity contribution in [3.05, 3.63) is 23.0 Å². The van der Waals surface area contributed by atoms with Gasteiger partial charge in [0.1, 0.15) is 17.4 Å². The first-order chi connectivity index (χ1) is 18.0. The van der Waals surface area contributed by atoms with Crippen molar-refractivity contribution in [3.8, 4) is 5.13 Å². The summed E-state index contributed by atoms with van der Waals surface area (Å²) >= 11 is 0.769. The number of hydrogen-bond acceptors (Lipinski definition) is 9. The number of nitrogens with zero attached hydrogens (tertiary/aromatic N) is 5. The molecule has 3 fully saturated rings. The number of benzene rings is 1. The van der Waals surface area contributed by atoms with Crippen LogP contribution in [0.3, 0.4) is 0 Å². The highest BCUT2D eigenvalue weighted by molar-refractivity contribution is 7.89. The molecule has 6 rings (SSSR count). The minimum atomic E-state index is -3.87. The number of alkyl halides is 2. The van der Waals surface area contributed by atoms with E-state index in [4.69, 9.17) is 9.72 Å². The molecule has 1 saturated carbocycles. The van der Waals surface area contributed by atoms with Crippen molar-refractivity contribution < 1.29 is 21.9 Å². The summed E-state index contributed by atoms with van der Waals surface area (Å²) in [6, 6.07) is 3.60. The molecule has 206 valence electrons. The van der Waals surface area contributed by atoms with Crippen LogP contribution in [0.5, 0.6) is 0 Å². The molecule has 10 nitrogen and oxygen atoms in total. The van der Waals surface area contributed by atoms with Crippen LogP contribution in [0.4, 0.5) is 14.5 Å². The summed E-state index contributed by atoms with van der Waals surface area (Å²) in [5.41, 5.74) is 1.29. The van der Waals surface area contributed by atoms with Gasteiger partial charge in [0.2, 0.25) is 15.2 Å². The number of hydrogen-bond donors (Lipinski definition) is 2. The highest BCUT2D eigenvalue weighted by Gasteiger charge is 2.42. The predicted octanol–water partition coefficient (Wildman–Crippen LogP) is 3.68. The minimum Gasteiger partial charge on any atom is -0.370 e. The second kappa shape index (κ2) is 9.44. The predicted molar refractivity (Wildman–Crippen MR) is 140 cm³/mol. The maximum absolute atomic E-state index is 13.6. The van der Waals surface area contributed by atoms with E-state index >= 15 is 0 Å². The molecule has 14 heteroatoms. The Kier molecular flexibility index (Phi) is 6.45. The number of imidazole rings is 1. The first-order valence-electron chi connectivity index (χ1n) is 12.9. The average molecular weight is 568 g/mol. The molecule has 2 aliphatic heterocycles. The normalized spacial score (nSPS) is 25.5. The van der Waals surface area contributed by atoms with Crippen molar-refractivity contribution in [2.24, 2.45) is 0 Å². The van der Waals surface area contributed by atoms with Crippen molar-refractivity contribution in [1.82, 2.24) is 29.8 Å². The number of anilines is 1. The lowest BCUT2D eigenvalue weighted by molar-refractivity contribution is 0.104. The van der Waals surface area contributed by atoms with Crippen LogP contribution < -0.4 is 14.9 Å². The molecule has 3 aromatic rings. The van der Waals surface area contributed by atoms with Gasteiger partial charge in [0.25, 0.3) is 6.43 Å². The highest BCUT2D eigenvalue weighted by Crippen LogP contribution is 2.41. The van der Waals surface area contributed by atoms with Crippen LogP contribution in [0.25, 0.3) is 16.2 Å². The number of ether oxygens (including phenoxy) is 1. The molecule has 38 heavy (non-hydrogen) atoms. The molecule has 1 unspecified atom stereocenters. The van der Waals surface area contributed by atoms with E-state index < -0.39 is 27.0 Å². The summed E-state index contributed by atoms with van der Waals surface area (Å²) < 4.78 is 64.5. The summed E-state index contributed by atoms with van der Waals surface area (Å²) in [4.78, 5) is 7.22. The summed E-state index contributed by atoms with van der Waals surface area (Å²) in [7, 11) is -3.87. The summed E-state index contributed by atoms with van der Waals surface area (Å²) in [6.45, 7) is 7.93. The lowest BCUT2D eigenvalue weighted by atomic mass is 10.1. The van der Waals surface area contributed by atoms with Crippen LogP contribution in [-0.4, -0.2) is 65.5 Å². The van der Waals surface area contributed by atoms with Gasteiger partial charge in [-0.05, 0) is 58.6 Å². The number of rotatable bonds is 7. The molecule has 4 heterocycles. The van der Waals surface area contributed by atoms with Crippen molar-refractivity contribution >= 4 is 38.1 Å². The van der Waals surface area contributed by atoms with Crippen LogP contribution in [0.1, 0.15) is 69.8 Å². The molecule has 2 aromatic heterocycles. The Morgan fingerprint density at radius 3 is 2.55 bits per heavy atom. The molecular formula is C24H31F2N7O3S2. The van der Waals surface area contributed by atoms with Gasteiger partial charge < -0.3 is 15.0 Å². The van der Waals surface area contributed by atoms with E-state index in [9.17, 15) is 17.2 Å². The molecule has 2 N–H and O–H groups in total. The SMILES string of the molecule is C[C@H]1CN(c2cc(S(=O)(=O)NC3(C)CC3)cc3c2nc(C2CCCO2)n3-c2nnc(C(F)F)s2)C[C@H](C)N1. The highest BCUT2D eigenvalue weighted by atomic mass is 32.2. The van der Waals surface area contributed by atoms with Gasteiger partial charge in [-0.15, -0.1) is 10.2 Å². The molecule has 2 saturated heterocycles. The van der Waals surface area contributed by atoms with E-state index in [1.807, 2.05) is 6.92 Å². The molecule has 0 bridgehead atoms. The number of sulfonamides is 1. The Labute approximate surface area is 223 Å². The Bertz CT molecular complexity index is 1450. The average Bonchev–Trinajstić information content (AvgIpc) is 3.30. The third-order valence-corrected chi connectivity index (χ3v) is 9.89. The summed E-state index contributed by atoms with van der Waals surface area (Å²) in [5, 5.41) is 11.1. The van der Waals surface area contributed by atoms with Gasteiger partial charge in [-0.2, -0.15) is 0 Å². The maximum atomic E-state index is 13.6. The van der Waals surface area contributed by atoms with E-state index in [1.165, 1.54) is 0 Å². The number of nitrogens with one attached hydrogen (secondary N) is 2. The maximum Gasteiger partial charge on any atom is 0.291 e. The van der Waals surface area contributed by atoms with Gasteiger partial charge in [-0.1, -0.05) is 11.3 Å². The largest absolute Gasteiger partial charge is 0.370 e. The van der Waals surface area contributed by atoms with Crippen LogP contribution in [0, 0.1) is 0 Å². The van der Waals surface area contributed by atoms with Gasteiger partial charge in [-0.25, -0.2) is 26.9 Å². The first-order valence-corrected chi connectivity index (χ1v) is 15.2. The first kappa shape index (κ1) is 26.0. The van der Waals surface area contributed by atoms with E-state index in [0.717, 1.165) is 30.6 Å². The molecule has 0 spiro atoms. The number of aromatic nitrogens is 4. The van der Waals surface area contributed by atoms with Gasteiger partial charge in [-0.3, -0.25) is 4.57 Å². The van der Waals surface area contributed by atoms with Gasteiger partial charge in [0, 0.05) is 37.3 Å². The topological polar surface area (TPSA) is 114 Å². The molecule has 1 aromatic carbocycles. The third kappa shape index (κ3) is 4.81. The second-order valence-electron chi connectivity index (χ2n) is 10.9. The zero-order valence-corrected chi connectivity index (χ0v) is 23.1. The second-order valence-corrected chi connectivity index (χ2v) is 13.6. The van der Waals surface area contributed by atoms with Gasteiger partial charge >= 0.3 is 0 Å². The van der Waals surface area contributed by atoms with Crippen LogP contribution in [0.2, 0.25) is 0 Å². The smallest absolute Gasteiger partial charge is 0.291 e. The van der Waals surface area contributed by atoms with E-state index in [2.05, 4.69) is 39.0 Å². The minimum absolute atomic E-state index is 0.102. The van der Waals surface area contributed by atoms with Crippen molar-refractivity contribution in [2.75, 3.05) is 24.6 Å². The van der Waals surface area contributed by atoms with Crippen molar-refractivity contribution in [3.63, 3.8) is 0 Å². The standard InChI is InChI=1S/C24H31F2N7O3S2/c1-13-11-32(12-14(2)27-13)16-9-15(38(34,35)31-24(3)6-7-24)10-17-19(16)28-21(18-5-4-8-36-18)33(17)23-30-29-22(37-23)20(25)26/h9-10,13-14,18,20,27,31H,4-8,11-12H2,1-3H3/t13-,14-,18?/m0/s1. The fourth-order valence-corrected chi connectivity index (χ4v) is 7.57. The van der Waals surface area contributed by atoms with Crippen LogP contribution >= 0.6 is 11.3 Å². The summed E-state index contributed by atoms with van der Waals surface area (Å²) in [5.74, 6) is 0.517. The quantitative estimate of drug-likeness (QED) is 0.445. The Balaban J connectivity index is 1.59. The zero-order chi connectivity index (χ0) is 26.8. The fourth-order valence-electron chi connectivity index (χ4n) is 5.35. The lowest BCUT2D eigenvalue weighted by Gasteiger charge is -2.38. The Morgan fingerprint density at radius 1 is 1.21 bits per heavy atom. The number of fused-ring (bicyclic) bond motifs is 1.